The van der Waals surface area contributed by atoms with E-state index in [0.29, 0.717) is 5.13 Å². The van der Waals surface area contributed by atoms with Crippen LogP contribution < -0.4 is 4.90 Å². The van der Waals surface area contributed by atoms with Gasteiger partial charge in [-0.15, -0.1) is 0 Å². The molecule has 4 nitrogen and oxygen atoms in total. The molecule has 0 radical (unpaired) electrons. The molecule has 16 heavy (non-hydrogen) atoms. The highest BCUT2D eigenvalue weighted by Gasteiger charge is 2.20. The van der Waals surface area contributed by atoms with Crippen LogP contribution in [0.3, 0.4) is 0 Å². The van der Waals surface area contributed by atoms with Gasteiger partial charge >= 0.3 is 5.97 Å². The Morgan fingerprint density at radius 2 is 2.25 bits per heavy atom. The Balaban J connectivity index is 3.01. The molecule has 1 aromatic rings. The highest BCUT2D eigenvalue weighted by Crippen LogP contribution is 2.30. The molecular weight excluding hydrogens is 248 g/mol. The van der Waals surface area contributed by atoms with Gasteiger partial charge in [-0.05, 0) is 20.3 Å². The maximum absolute atomic E-state index is 10.9. The van der Waals surface area contributed by atoms with Gasteiger partial charge in [-0.1, -0.05) is 29.9 Å². The van der Waals surface area contributed by atoms with E-state index < -0.39 is 5.97 Å². The zero-order valence-electron chi connectivity index (χ0n) is 9.53. The molecule has 0 fully saturated rings. The molecule has 1 heterocycles. The quantitative estimate of drug-likeness (QED) is 0.886. The number of rotatable bonds is 5. The molecule has 90 valence electrons. The fourth-order valence-electron chi connectivity index (χ4n) is 1.36. The molecule has 0 saturated heterocycles. The Kier molecular flexibility index (Phi) is 4.56. The summed E-state index contributed by atoms with van der Waals surface area (Å²) in [5.74, 6) is -1.02. The Bertz CT molecular complexity index is 379. The number of hydrogen-bond acceptors (Lipinski definition) is 4. The van der Waals surface area contributed by atoms with Crippen molar-refractivity contribution >= 4 is 34.0 Å². The van der Waals surface area contributed by atoms with Crippen LogP contribution in [0.2, 0.25) is 5.15 Å². The summed E-state index contributed by atoms with van der Waals surface area (Å²) >= 11 is 6.91. The molecule has 0 saturated carbocycles. The van der Waals surface area contributed by atoms with Crippen LogP contribution in [0.15, 0.2) is 0 Å². The molecule has 1 N–H and O–H groups in total. The van der Waals surface area contributed by atoms with E-state index in [9.17, 15) is 4.79 Å². The normalized spacial score (nSPS) is 10.8. The van der Waals surface area contributed by atoms with Gasteiger partial charge in [-0.2, -0.15) is 0 Å². The number of carboxylic acids is 1. The van der Waals surface area contributed by atoms with Gasteiger partial charge in [0.2, 0.25) is 0 Å². The minimum absolute atomic E-state index is 0.0780. The second-order valence-corrected chi connectivity index (χ2v) is 5.04. The van der Waals surface area contributed by atoms with Crippen LogP contribution in [-0.4, -0.2) is 28.6 Å². The van der Waals surface area contributed by atoms with Crippen LogP contribution in [-0.2, 0) is 0 Å². The number of aromatic nitrogens is 1. The SMILES string of the molecule is CCCN(c1nc(Cl)c(C(=O)O)s1)C(C)C. The molecule has 0 aliphatic heterocycles. The van der Waals surface area contributed by atoms with Gasteiger partial charge in [0.25, 0.3) is 0 Å². The predicted octanol–water partition coefficient (Wildman–Crippen LogP) is 3.12. The highest BCUT2D eigenvalue weighted by molar-refractivity contribution is 7.18. The summed E-state index contributed by atoms with van der Waals surface area (Å²) in [5.41, 5.74) is 0. The second-order valence-electron chi connectivity index (χ2n) is 3.71. The second kappa shape index (κ2) is 5.50. The van der Waals surface area contributed by atoms with E-state index in [-0.39, 0.29) is 16.1 Å². The van der Waals surface area contributed by atoms with Crippen LogP contribution >= 0.6 is 22.9 Å². The minimum Gasteiger partial charge on any atom is -0.477 e. The molecule has 0 aliphatic carbocycles. The van der Waals surface area contributed by atoms with Gasteiger partial charge in [0.15, 0.2) is 15.2 Å². The van der Waals surface area contributed by atoms with Crippen molar-refractivity contribution in [3.63, 3.8) is 0 Å². The Morgan fingerprint density at radius 1 is 1.62 bits per heavy atom. The first-order valence-electron chi connectivity index (χ1n) is 5.13. The molecule has 0 aliphatic rings. The van der Waals surface area contributed by atoms with Crippen LogP contribution in [0.1, 0.15) is 36.9 Å². The summed E-state index contributed by atoms with van der Waals surface area (Å²) in [4.78, 5) is 17.1. The molecule has 0 amide bonds. The summed E-state index contributed by atoms with van der Waals surface area (Å²) in [7, 11) is 0. The van der Waals surface area contributed by atoms with Crippen LogP contribution in [0.5, 0.6) is 0 Å². The Morgan fingerprint density at radius 3 is 2.62 bits per heavy atom. The van der Waals surface area contributed by atoms with Gasteiger partial charge in [-0.25, -0.2) is 9.78 Å². The van der Waals surface area contributed by atoms with Gasteiger partial charge < -0.3 is 10.0 Å². The minimum atomic E-state index is -1.02. The van der Waals surface area contributed by atoms with Gasteiger partial charge in [0.1, 0.15) is 0 Å². The molecular formula is C10H15ClN2O2S. The number of thiazole rings is 1. The van der Waals surface area contributed by atoms with E-state index in [0.717, 1.165) is 24.3 Å². The molecule has 0 aromatic carbocycles. The van der Waals surface area contributed by atoms with Crippen molar-refractivity contribution in [2.24, 2.45) is 0 Å². The summed E-state index contributed by atoms with van der Waals surface area (Å²) in [5, 5.41) is 9.65. The zero-order valence-corrected chi connectivity index (χ0v) is 11.1. The van der Waals surface area contributed by atoms with E-state index >= 15 is 0 Å². The van der Waals surface area contributed by atoms with Crippen molar-refractivity contribution in [3.05, 3.63) is 10.0 Å². The Hall–Kier alpha value is -0.810. The number of aromatic carboxylic acids is 1. The fourth-order valence-corrected chi connectivity index (χ4v) is 2.64. The first kappa shape index (κ1) is 13.3. The molecule has 1 rings (SSSR count). The zero-order chi connectivity index (χ0) is 12.3. The number of carbonyl (C=O) groups is 1. The average molecular weight is 263 g/mol. The Labute approximate surface area is 104 Å². The van der Waals surface area contributed by atoms with Crippen molar-refractivity contribution in [1.29, 1.82) is 0 Å². The van der Waals surface area contributed by atoms with Gasteiger partial charge in [0, 0.05) is 12.6 Å². The summed E-state index contributed by atoms with van der Waals surface area (Å²) in [6.07, 6.45) is 0.984. The predicted molar refractivity (Wildman–Crippen MR) is 66.9 cm³/mol. The van der Waals surface area contributed by atoms with E-state index in [1.807, 2.05) is 13.8 Å². The standard InChI is InChI=1S/C10H15ClN2O2S/c1-4-5-13(6(2)3)10-12-8(11)7(16-10)9(14)15/h6H,4-5H2,1-3H3,(H,14,15). The van der Waals surface area contributed by atoms with E-state index in [2.05, 4.69) is 16.8 Å². The first-order chi connectivity index (χ1) is 7.47. The lowest BCUT2D eigenvalue weighted by atomic mass is 10.3. The molecule has 0 atom stereocenters. The number of hydrogen-bond donors (Lipinski definition) is 1. The van der Waals surface area contributed by atoms with Crippen molar-refractivity contribution in [3.8, 4) is 0 Å². The topological polar surface area (TPSA) is 53.4 Å². The molecule has 0 spiro atoms. The maximum atomic E-state index is 10.9. The molecule has 0 unspecified atom stereocenters. The highest BCUT2D eigenvalue weighted by atomic mass is 35.5. The lowest BCUT2D eigenvalue weighted by Crippen LogP contribution is -2.31. The first-order valence-corrected chi connectivity index (χ1v) is 6.33. The summed E-state index contributed by atoms with van der Waals surface area (Å²) in [6.45, 7) is 7.01. The van der Waals surface area contributed by atoms with E-state index in [1.165, 1.54) is 0 Å². The summed E-state index contributed by atoms with van der Waals surface area (Å²) in [6, 6.07) is 0.281. The monoisotopic (exact) mass is 262 g/mol. The lowest BCUT2D eigenvalue weighted by Gasteiger charge is -2.25. The summed E-state index contributed by atoms with van der Waals surface area (Å²) < 4.78 is 0. The fraction of sp³-hybridized carbons (Fsp3) is 0.600. The van der Waals surface area contributed by atoms with Crippen LogP contribution in [0.4, 0.5) is 5.13 Å². The van der Waals surface area contributed by atoms with E-state index in [4.69, 9.17) is 16.7 Å². The van der Waals surface area contributed by atoms with Crippen molar-refractivity contribution in [1.82, 2.24) is 4.98 Å². The number of carboxylic acid groups (broad SMARTS) is 1. The van der Waals surface area contributed by atoms with E-state index in [1.54, 1.807) is 0 Å². The maximum Gasteiger partial charge on any atom is 0.349 e. The number of anilines is 1. The third-order valence-corrected chi connectivity index (χ3v) is 3.57. The van der Waals surface area contributed by atoms with Crippen LogP contribution in [0.25, 0.3) is 0 Å². The van der Waals surface area contributed by atoms with Crippen molar-refractivity contribution in [2.75, 3.05) is 11.4 Å². The van der Waals surface area contributed by atoms with Gasteiger partial charge in [-0.3, -0.25) is 0 Å². The smallest absolute Gasteiger partial charge is 0.349 e. The van der Waals surface area contributed by atoms with Crippen molar-refractivity contribution < 1.29 is 9.90 Å². The largest absolute Gasteiger partial charge is 0.477 e. The van der Waals surface area contributed by atoms with Crippen LogP contribution in [0, 0.1) is 0 Å². The average Bonchev–Trinajstić information content (AvgIpc) is 2.56. The molecule has 1 aromatic heterocycles. The number of nitrogens with zero attached hydrogens (tertiary/aromatic N) is 2. The molecule has 6 heteroatoms. The lowest BCUT2D eigenvalue weighted by molar-refractivity contribution is 0.0702. The molecule has 0 bridgehead atoms. The third kappa shape index (κ3) is 2.86. The number of halogens is 1. The van der Waals surface area contributed by atoms with Gasteiger partial charge in [0.05, 0.1) is 0 Å². The third-order valence-electron chi connectivity index (χ3n) is 2.10. The van der Waals surface area contributed by atoms with Crippen molar-refractivity contribution in [2.45, 2.75) is 33.2 Å².